The van der Waals surface area contributed by atoms with Gasteiger partial charge in [0.15, 0.2) is 5.43 Å². The Morgan fingerprint density at radius 2 is 1.38 bits per heavy atom. The summed E-state index contributed by atoms with van der Waals surface area (Å²) in [6.07, 6.45) is 4.42. The fraction of sp³-hybridized carbons (Fsp3) is 0.480. The first-order chi connectivity index (χ1) is 14.0. The molecule has 0 saturated carbocycles. The van der Waals surface area contributed by atoms with E-state index in [-0.39, 0.29) is 5.43 Å². The summed E-state index contributed by atoms with van der Waals surface area (Å²) < 4.78 is 7.89. The lowest BCUT2D eigenvalue weighted by molar-refractivity contribution is 0.317. The van der Waals surface area contributed by atoms with Crippen molar-refractivity contribution in [2.45, 2.75) is 73.8 Å². The molecule has 0 aliphatic rings. The molecule has 0 aliphatic carbocycles. The molecule has 0 atom stereocenters. The number of aryl methyl sites for hydroxylation is 1. The molecule has 2 aromatic carbocycles. The monoisotopic (exact) mass is 417 g/mol. The number of aromatic nitrogens is 1. The van der Waals surface area contributed by atoms with Crippen LogP contribution in [-0.4, -0.2) is 11.2 Å². The highest BCUT2D eigenvalue weighted by Gasteiger charge is 2.12. The van der Waals surface area contributed by atoms with Gasteiger partial charge in [0.25, 0.3) is 0 Å². The number of rotatable bonds is 5. The molecule has 29 heavy (non-hydrogen) atoms. The molecule has 0 bridgehead atoms. The lowest BCUT2D eigenvalue weighted by atomic mass is 10.1. The molecule has 0 radical (unpaired) electrons. The highest BCUT2D eigenvalue weighted by Crippen LogP contribution is 2.25. The summed E-state index contributed by atoms with van der Waals surface area (Å²) in [4.78, 5) is 12.8. The Morgan fingerprint density at radius 1 is 0.828 bits per heavy atom. The van der Waals surface area contributed by atoms with Gasteiger partial charge in [-0.2, -0.15) is 0 Å². The van der Waals surface area contributed by atoms with Crippen LogP contribution in [0.4, 0.5) is 0 Å². The van der Waals surface area contributed by atoms with Crippen LogP contribution in [0.1, 0.15) is 67.2 Å². The van der Waals surface area contributed by atoms with Crippen LogP contribution in [0, 0.1) is 0 Å². The quantitative estimate of drug-likeness (QED) is 0.396. The second-order valence-corrected chi connectivity index (χ2v) is 7.52. The van der Waals surface area contributed by atoms with Crippen molar-refractivity contribution in [2.24, 2.45) is 0 Å². The fourth-order valence-corrected chi connectivity index (χ4v) is 3.06. The molecule has 1 aromatic heterocycles. The van der Waals surface area contributed by atoms with Gasteiger partial charge in [0, 0.05) is 28.4 Å². The lowest BCUT2D eigenvalue weighted by Crippen LogP contribution is -2.12. The van der Waals surface area contributed by atoms with Crippen LogP contribution in [0.25, 0.3) is 21.8 Å². The van der Waals surface area contributed by atoms with Crippen LogP contribution in [0.5, 0.6) is 5.75 Å². The van der Waals surface area contributed by atoms with Crippen LogP contribution in [0.3, 0.4) is 0 Å². The van der Waals surface area contributed by atoms with Gasteiger partial charge < -0.3 is 9.30 Å². The summed E-state index contributed by atoms with van der Waals surface area (Å²) in [5, 5.41) is 2.06. The summed E-state index contributed by atoms with van der Waals surface area (Å²) in [7, 11) is 0. The van der Waals surface area contributed by atoms with Crippen molar-refractivity contribution < 1.29 is 4.74 Å². The zero-order chi connectivity index (χ0) is 21.8. The average molecular weight is 418 g/mol. The van der Waals surface area contributed by atoms with Crippen molar-refractivity contribution in [2.75, 3.05) is 6.61 Å². The molecule has 3 nitrogen and oxygen atoms in total. The van der Waals surface area contributed by atoms with E-state index in [1.807, 2.05) is 30.3 Å². The van der Waals surface area contributed by atoms with E-state index < -0.39 is 0 Å². The minimum atomic E-state index is 0.0426. The number of hydrogen-bond acceptors (Lipinski definition) is 2. The smallest absolute Gasteiger partial charge is 0.197 e. The molecule has 0 unspecified atom stereocenters. The number of benzene rings is 2. The average Bonchev–Trinajstić information content (AvgIpc) is 2.70. The van der Waals surface area contributed by atoms with Crippen molar-refractivity contribution >= 4 is 33.4 Å². The van der Waals surface area contributed by atoms with E-state index in [2.05, 4.69) is 46.1 Å². The van der Waals surface area contributed by atoms with Crippen molar-refractivity contribution in [1.29, 1.82) is 0 Å². The largest absolute Gasteiger partial charge is 0.494 e. The molecule has 160 valence electrons. The zero-order valence-electron chi connectivity index (χ0n) is 18.8. The van der Waals surface area contributed by atoms with Gasteiger partial charge in [-0.25, -0.2) is 0 Å². The Morgan fingerprint density at radius 3 is 1.93 bits per heavy atom. The summed E-state index contributed by atoms with van der Waals surface area (Å²) in [6.45, 7) is 14.2. The second kappa shape index (κ2) is 13.3. The summed E-state index contributed by atoms with van der Waals surface area (Å²) in [6, 6.07) is 11.1. The normalized spacial score (nSPS) is 10.2. The number of fused-ring (bicyclic) bond motifs is 2. The molecule has 3 rings (SSSR count). The van der Waals surface area contributed by atoms with Crippen LogP contribution in [0.2, 0.25) is 5.02 Å². The maximum absolute atomic E-state index is 12.8. The van der Waals surface area contributed by atoms with Gasteiger partial charge in [-0.15, -0.1) is 0 Å². The van der Waals surface area contributed by atoms with Gasteiger partial charge in [-0.05, 0) is 43.2 Å². The molecule has 0 spiro atoms. The highest BCUT2D eigenvalue weighted by molar-refractivity contribution is 6.31. The SMILES string of the molecule is CCC.CCC.CCCOc1ccc2c(=O)c3ccc(Cl)cc3n(CCC)c2c1. The lowest BCUT2D eigenvalue weighted by Gasteiger charge is -2.16. The van der Waals surface area contributed by atoms with Gasteiger partial charge in [-0.1, -0.05) is 66.0 Å². The molecule has 1 heterocycles. The van der Waals surface area contributed by atoms with Crippen molar-refractivity contribution in [3.8, 4) is 5.75 Å². The summed E-state index contributed by atoms with van der Waals surface area (Å²) >= 11 is 6.15. The molecule has 3 aromatic rings. The second-order valence-electron chi connectivity index (χ2n) is 7.08. The van der Waals surface area contributed by atoms with E-state index in [9.17, 15) is 4.79 Å². The van der Waals surface area contributed by atoms with Crippen LogP contribution in [-0.2, 0) is 6.54 Å². The van der Waals surface area contributed by atoms with Crippen LogP contribution >= 0.6 is 11.6 Å². The zero-order valence-corrected chi connectivity index (χ0v) is 19.6. The van der Waals surface area contributed by atoms with E-state index in [4.69, 9.17) is 16.3 Å². The Balaban J connectivity index is 0.000000626. The first-order valence-electron chi connectivity index (χ1n) is 10.9. The van der Waals surface area contributed by atoms with E-state index in [1.54, 1.807) is 6.07 Å². The number of halogens is 1. The number of ether oxygens (including phenoxy) is 1. The van der Waals surface area contributed by atoms with Gasteiger partial charge in [-0.3, -0.25) is 4.79 Å². The first-order valence-corrected chi connectivity index (χ1v) is 11.2. The van der Waals surface area contributed by atoms with Gasteiger partial charge >= 0.3 is 0 Å². The molecule has 4 heteroatoms. The minimum Gasteiger partial charge on any atom is -0.494 e. The van der Waals surface area contributed by atoms with E-state index in [1.165, 1.54) is 12.8 Å². The number of hydrogen-bond donors (Lipinski definition) is 0. The molecule has 0 saturated heterocycles. The molecular weight excluding hydrogens is 382 g/mol. The molecule has 0 amide bonds. The number of nitrogens with zero attached hydrogens (tertiary/aromatic N) is 1. The fourth-order valence-electron chi connectivity index (χ4n) is 2.90. The first kappa shape index (κ1) is 25.0. The Kier molecular flexibility index (Phi) is 11.5. The minimum absolute atomic E-state index is 0.0426. The standard InChI is InChI=1S/C19H20ClNO2.2C3H8/c1-3-9-21-17-11-13(20)5-7-15(17)19(22)16-8-6-14(12-18(16)21)23-10-4-2;2*1-3-2/h5-8,11-12H,3-4,9-10H2,1-2H3;2*3H2,1-2H3. The van der Waals surface area contributed by atoms with Gasteiger partial charge in [0.05, 0.1) is 17.6 Å². The third kappa shape index (κ3) is 6.78. The van der Waals surface area contributed by atoms with E-state index in [0.717, 1.165) is 41.6 Å². The summed E-state index contributed by atoms with van der Waals surface area (Å²) in [5.74, 6) is 0.796. The molecule has 0 N–H and O–H groups in total. The van der Waals surface area contributed by atoms with Crippen LogP contribution in [0.15, 0.2) is 41.2 Å². The Labute approximate surface area is 180 Å². The van der Waals surface area contributed by atoms with Crippen molar-refractivity contribution in [1.82, 2.24) is 4.57 Å². The maximum Gasteiger partial charge on any atom is 0.197 e. The molecular formula is C25H36ClNO2. The predicted molar refractivity (Wildman–Crippen MR) is 129 cm³/mol. The predicted octanol–water partition coefficient (Wildman–Crippen LogP) is 7.84. The van der Waals surface area contributed by atoms with Crippen LogP contribution < -0.4 is 10.2 Å². The van der Waals surface area contributed by atoms with Crippen molar-refractivity contribution in [3.05, 3.63) is 51.6 Å². The van der Waals surface area contributed by atoms with Gasteiger partial charge in [0.1, 0.15) is 5.75 Å². The Hall–Kier alpha value is -2.00. The van der Waals surface area contributed by atoms with E-state index in [0.29, 0.717) is 17.0 Å². The van der Waals surface area contributed by atoms with Gasteiger partial charge in [0.2, 0.25) is 0 Å². The maximum atomic E-state index is 12.8. The number of pyridine rings is 1. The van der Waals surface area contributed by atoms with Crippen molar-refractivity contribution in [3.63, 3.8) is 0 Å². The topological polar surface area (TPSA) is 31.2 Å². The third-order valence-corrected chi connectivity index (χ3v) is 4.15. The molecule has 0 aliphatic heterocycles. The molecule has 0 fully saturated rings. The third-order valence-electron chi connectivity index (χ3n) is 3.92. The Bertz CT molecular complexity index is 945. The summed E-state index contributed by atoms with van der Waals surface area (Å²) in [5.41, 5.74) is 1.82. The highest BCUT2D eigenvalue weighted by atomic mass is 35.5. The van der Waals surface area contributed by atoms with E-state index >= 15 is 0 Å².